The molecule has 2 N–H and O–H groups in total. The fraction of sp³-hybridized carbons (Fsp3) is 0.594. The number of rotatable bonds is 10. The number of amides is 1. The third kappa shape index (κ3) is 6.89. The Morgan fingerprint density at radius 3 is 2.68 bits per heavy atom. The van der Waals surface area contributed by atoms with Gasteiger partial charge in [0.05, 0.1) is 14.2 Å². The largest absolute Gasteiger partial charge is 0.493 e. The molecule has 0 bridgehead atoms. The summed E-state index contributed by atoms with van der Waals surface area (Å²) >= 11 is 0. The lowest BCUT2D eigenvalue weighted by atomic mass is 9.87. The molecule has 1 amide bonds. The van der Waals surface area contributed by atoms with Gasteiger partial charge in [-0.15, -0.1) is 0 Å². The second kappa shape index (κ2) is 13.0. The standard InChI is InChI=1S/C32H45N3O3/c1-37-30-14-11-27(18-31(30)38-2)28-10-12-29(33-20-28)13-15-32(36)34-19-24-5-4-16-35(22-24)21-23-8-9-25-6-3-7-26(25)17-23/h8-9,11,14,17-18,24,28-29,33H,3-7,10,12-13,15-16,19-22H2,1-2H3,(H,34,36). The van der Waals surface area contributed by atoms with Gasteiger partial charge in [0.25, 0.3) is 0 Å². The Morgan fingerprint density at radius 1 is 1.00 bits per heavy atom. The monoisotopic (exact) mass is 519 g/mol. The molecule has 2 fully saturated rings. The highest BCUT2D eigenvalue weighted by Gasteiger charge is 2.24. The van der Waals surface area contributed by atoms with E-state index in [-0.39, 0.29) is 5.91 Å². The van der Waals surface area contributed by atoms with Gasteiger partial charge in [-0.1, -0.05) is 24.3 Å². The van der Waals surface area contributed by atoms with Gasteiger partial charge in [-0.25, -0.2) is 0 Å². The Morgan fingerprint density at radius 2 is 1.87 bits per heavy atom. The second-order valence-electron chi connectivity index (χ2n) is 11.5. The van der Waals surface area contributed by atoms with Crippen LogP contribution in [0.15, 0.2) is 36.4 Å². The average Bonchev–Trinajstić information content (AvgIpc) is 3.43. The molecular formula is C32H45N3O3. The Balaban J connectivity index is 0.998. The molecule has 0 saturated carbocycles. The van der Waals surface area contributed by atoms with Crippen LogP contribution in [0.3, 0.4) is 0 Å². The molecule has 2 heterocycles. The number of aryl methyl sites for hydroxylation is 2. The zero-order chi connectivity index (χ0) is 26.3. The molecule has 3 aliphatic rings. The number of methoxy groups -OCH3 is 2. The number of ether oxygens (including phenoxy) is 2. The van der Waals surface area contributed by atoms with Crippen molar-refractivity contribution in [3.8, 4) is 11.5 Å². The van der Waals surface area contributed by atoms with Crippen LogP contribution in [0.1, 0.15) is 73.1 Å². The number of piperidine rings is 2. The number of benzene rings is 2. The number of carbonyl (C=O) groups is 1. The molecule has 3 atom stereocenters. The number of nitrogens with one attached hydrogen (secondary N) is 2. The van der Waals surface area contributed by atoms with E-state index in [1.807, 2.05) is 6.07 Å². The smallest absolute Gasteiger partial charge is 0.220 e. The number of carbonyl (C=O) groups excluding carboxylic acids is 1. The van der Waals surface area contributed by atoms with Crippen LogP contribution >= 0.6 is 0 Å². The van der Waals surface area contributed by atoms with Crippen molar-refractivity contribution in [1.29, 1.82) is 0 Å². The molecule has 1 aliphatic carbocycles. The summed E-state index contributed by atoms with van der Waals surface area (Å²) in [7, 11) is 3.35. The number of fused-ring (bicyclic) bond motifs is 1. The molecule has 38 heavy (non-hydrogen) atoms. The van der Waals surface area contributed by atoms with E-state index in [1.165, 1.54) is 49.8 Å². The van der Waals surface area contributed by atoms with Crippen LogP contribution in [0.2, 0.25) is 0 Å². The summed E-state index contributed by atoms with van der Waals surface area (Å²) in [5.41, 5.74) is 5.84. The molecule has 5 rings (SSSR count). The minimum Gasteiger partial charge on any atom is -0.493 e. The van der Waals surface area contributed by atoms with E-state index in [4.69, 9.17) is 9.47 Å². The van der Waals surface area contributed by atoms with Crippen molar-refractivity contribution < 1.29 is 14.3 Å². The van der Waals surface area contributed by atoms with Gasteiger partial charge in [0, 0.05) is 38.6 Å². The molecule has 0 spiro atoms. The SMILES string of the molecule is COc1ccc(C2CCC(CCC(=O)NCC3CCCN(Cc4ccc5c(c4)CCC5)C3)NC2)cc1OC. The lowest BCUT2D eigenvalue weighted by molar-refractivity contribution is -0.121. The molecule has 6 nitrogen and oxygen atoms in total. The van der Waals surface area contributed by atoms with Crippen molar-refractivity contribution in [1.82, 2.24) is 15.5 Å². The van der Waals surface area contributed by atoms with Crippen molar-refractivity contribution in [3.63, 3.8) is 0 Å². The molecule has 206 valence electrons. The van der Waals surface area contributed by atoms with Crippen molar-refractivity contribution in [2.75, 3.05) is 40.4 Å². The van der Waals surface area contributed by atoms with Crippen LogP contribution in [0.5, 0.6) is 11.5 Å². The summed E-state index contributed by atoms with van der Waals surface area (Å²) in [6.07, 6.45) is 9.94. The molecule has 2 aromatic rings. The van der Waals surface area contributed by atoms with Crippen molar-refractivity contribution >= 4 is 5.91 Å². The first kappa shape index (κ1) is 27.0. The van der Waals surface area contributed by atoms with Crippen molar-refractivity contribution in [2.24, 2.45) is 5.92 Å². The minimum atomic E-state index is 0.199. The van der Waals surface area contributed by atoms with Gasteiger partial charge in [0.1, 0.15) is 0 Å². The highest BCUT2D eigenvalue weighted by molar-refractivity contribution is 5.75. The first-order chi connectivity index (χ1) is 18.6. The number of nitrogens with zero attached hydrogens (tertiary/aromatic N) is 1. The number of hydrogen-bond acceptors (Lipinski definition) is 5. The molecule has 0 aromatic heterocycles. The van der Waals surface area contributed by atoms with Crippen LogP contribution in [-0.4, -0.2) is 57.2 Å². The highest BCUT2D eigenvalue weighted by Crippen LogP contribution is 2.34. The highest BCUT2D eigenvalue weighted by atomic mass is 16.5. The molecule has 2 saturated heterocycles. The van der Waals surface area contributed by atoms with Crippen LogP contribution in [0.4, 0.5) is 0 Å². The van der Waals surface area contributed by atoms with Crippen LogP contribution in [-0.2, 0) is 24.2 Å². The van der Waals surface area contributed by atoms with Crippen molar-refractivity contribution in [3.05, 3.63) is 58.7 Å². The molecule has 3 unspecified atom stereocenters. The van der Waals surface area contributed by atoms with Gasteiger partial charge in [-0.05, 0) is 104 Å². The summed E-state index contributed by atoms with van der Waals surface area (Å²) in [6, 6.07) is 13.7. The zero-order valence-electron chi connectivity index (χ0n) is 23.3. The lowest BCUT2D eigenvalue weighted by Crippen LogP contribution is -2.41. The summed E-state index contributed by atoms with van der Waals surface area (Å²) in [4.78, 5) is 15.2. The maximum absolute atomic E-state index is 12.6. The van der Waals surface area contributed by atoms with Gasteiger partial charge in [-0.3, -0.25) is 9.69 Å². The Hall–Kier alpha value is -2.57. The van der Waals surface area contributed by atoms with Crippen LogP contribution < -0.4 is 20.1 Å². The molecule has 2 aliphatic heterocycles. The first-order valence-corrected chi connectivity index (χ1v) is 14.7. The summed E-state index contributed by atoms with van der Waals surface area (Å²) in [6.45, 7) is 5.02. The number of likely N-dealkylation sites (tertiary alicyclic amines) is 1. The fourth-order valence-corrected chi connectivity index (χ4v) is 6.65. The van der Waals surface area contributed by atoms with Crippen LogP contribution in [0, 0.1) is 5.92 Å². The Kier molecular flexibility index (Phi) is 9.23. The third-order valence-electron chi connectivity index (χ3n) is 8.88. The normalized spacial score (nSPS) is 23.6. The van der Waals surface area contributed by atoms with Gasteiger partial charge in [0.2, 0.25) is 5.91 Å². The fourth-order valence-electron chi connectivity index (χ4n) is 6.65. The molecular weight excluding hydrogens is 474 g/mol. The van der Waals surface area contributed by atoms with Gasteiger partial charge in [-0.2, -0.15) is 0 Å². The maximum Gasteiger partial charge on any atom is 0.220 e. The quantitative estimate of drug-likeness (QED) is 0.471. The first-order valence-electron chi connectivity index (χ1n) is 14.7. The topological polar surface area (TPSA) is 62.8 Å². The van der Waals surface area contributed by atoms with E-state index in [2.05, 4.69) is 45.9 Å². The zero-order valence-corrected chi connectivity index (χ0v) is 23.3. The molecule has 6 heteroatoms. The predicted octanol–water partition coefficient (Wildman–Crippen LogP) is 4.84. The molecule has 2 aromatic carbocycles. The average molecular weight is 520 g/mol. The predicted molar refractivity (Wildman–Crippen MR) is 152 cm³/mol. The second-order valence-corrected chi connectivity index (χ2v) is 11.5. The Bertz CT molecular complexity index is 1080. The summed E-state index contributed by atoms with van der Waals surface area (Å²) < 4.78 is 10.8. The van der Waals surface area contributed by atoms with E-state index in [1.54, 1.807) is 25.3 Å². The minimum absolute atomic E-state index is 0.199. The molecule has 0 radical (unpaired) electrons. The number of hydrogen-bond donors (Lipinski definition) is 2. The van der Waals surface area contributed by atoms with Gasteiger partial charge in [0.15, 0.2) is 11.5 Å². The van der Waals surface area contributed by atoms with E-state index in [0.717, 1.165) is 56.9 Å². The summed E-state index contributed by atoms with van der Waals surface area (Å²) in [5, 5.41) is 6.93. The summed E-state index contributed by atoms with van der Waals surface area (Å²) in [5.74, 6) is 2.77. The van der Waals surface area contributed by atoms with E-state index < -0.39 is 0 Å². The van der Waals surface area contributed by atoms with E-state index >= 15 is 0 Å². The van der Waals surface area contributed by atoms with Gasteiger partial charge >= 0.3 is 0 Å². The van der Waals surface area contributed by atoms with E-state index in [9.17, 15) is 4.79 Å². The maximum atomic E-state index is 12.6. The van der Waals surface area contributed by atoms with Gasteiger partial charge < -0.3 is 20.1 Å². The van der Waals surface area contributed by atoms with Crippen molar-refractivity contribution in [2.45, 2.75) is 76.3 Å². The van der Waals surface area contributed by atoms with E-state index in [0.29, 0.717) is 24.3 Å². The van der Waals surface area contributed by atoms with Crippen LogP contribution in [0.25, 0.3) is 0 Å². The third-order valence-corrected chi connectivity index (χ3v) is 8.88. The lowest BCUT2D eigenvalue weighted by Gasteiger charge is -2.33. The Labute approximate surface area is 228 Å².